The Bertz CT molecular complexity index is 3980. The van der Waals surface area contributed by atoms with Crippen molar-refractivity contribution in [2.75, 3.05) is 16.9 Å². The van der Waals surface area contributed by atoms with Gasteiger partial charge in [-0.1, -0.05) is 70.7 Å². The maximum absolute atomic E-state index is 14.3. The molecule has 12 rings (SSSR count). The number of nitriles is 2. The highest BCUT2D eigenvalue weighted by molar-refractivity contribution is 6.36. The van der Waals surface area contributed by atoms with Crippen LogP contribution in [-0.4, -0.2) is 102 Å². The Balaban J connectivity index is 0.000000196. The normalized spacial score (nSPS) is 22.7. The van der Waals surface area contributed by atoms with Gasteiger partial charge in [0.2, 0.25) is 23.7 Å². The number of nitrogens with one attached hydrogen (secondary N) is 4. The monoisotopic (exact) mass is 1320 g/mol. The van der Waals surface area contributed by atoms with E-state index in [1.165, 1.54) is 29.3 Å². The van der Waals surface area contributed by atoms with Crippen LogP contribution in [0.5, 0.6) is 0 Å². The molecule has 6 aromatic rings. The van der Waals surface area contributed by atoms with Crippen molar-refractivity contribution >= 4 is 129 Å². The number of aliphatic carboxylic acids is 1. The summed E-state index contributed by atoms with van der Waals surface area (Å²) in [5.41, 5.74) is -1.43. The molecule has 4 aromatic carbocycles. The van der Waals surface area contributed by atoms with Crippen molar-refractivity contribution in [2.45, 2.75) is 125 Å². The molecule has 6 atom stereocenters. The lowest BCUT2D eigenvalue weighted by Crippen LogP contribution is -2.52. The van der Waals surface area contributed by atoms with E-state index < -0.39 is 45.9 Å². The molecule has 5 N–H and O–H groups in total. The Morgan fingerprint density at radius 3 is 1.30 bits per heavy atom. The van der Waals surface area contributed by atoms with Gasteiger partial charge in [-0.2, -0.15) is 10.5 Å². The zero-order valence-electron chi connectivity index (χ0n) is 48.7. The first-order chi connectivity index (χ1) is 42.4. The van der Waals surface area contributed by atoms with Crippen LogP contribution in [0.2, 0.25) is 20.1 Å². The van der Waals surface area contributed by atoms with Crippen LogP contribution in [0.4, 0.5) is 23.3 Å². The quantitative estimate of drug-likeness (QED) is 0.0565. The second-order valence-corrected chi connectivity index (χ2v) is 25.7. The summed E-state index contributed by atoms with van der Waals surface area (Å²) in [5, 5.41) is 40.7. The molecule has 4 aliphatic carbocycles. The number of methoxy groups -OCH3 is 1. The molecule has 4 fully saturated rings. The van der Waals surface area contributed by atoms with Crippen LogP contribution < -0.4 is 31.1 Å². The van der Waals surface area contributed by atoms with E-state index in [0.29, 0.717) is 107 Å². The molecule has 6 amide bonds. The Morgan fingerprint density at radius 2 is 0.967 bits per heavy atom. The van der Waals surface area contributed by atoms with Gasteiger partial charge in [-0.15, -0.1) is 12.4 Å². The molecule has 2 aromatic heterocycles. The summed E-state index contributed by atoms with van der Waals surface area (Å²) in [4.78, 5) is 118. The number of esters is 1. The molecule has 22 nitrogen and oxygen atoms in total. The highest BCUT2D eigenvalue weighted by Gasteiger charge is 2.57. The topological polar surface area (TPSA) is 304 Å². The number of hydrogen-bond donors (Lipinski definition) is 5. The summed E-state index contributed by atoms with van der Waals surface area (Å²) >= 11 is 25.1. The largest absolute Gasteiger partial charge is 0.481 e. The number of aromatic nitrogens is 4. The predicted octanol–water partition coefficient (Wildman–Crippen LogP) is 9.17. The molecule has 27 heteroatoms. The zero-order chi connectivity index (χ0) is 63.5. The highest BCUT2D eigenvalue weighted by Crippen LogP contribution is 2.47. The molecule has 0 bridgehead atoms. The van der Waals surface area contributed by atoms with E-state index in [1.54, 1.807) is 108 Å². The number of ether oxygens (including phenoxy) is 1. The lowest BCUT2D eigenvalue weighted by Gasteiger charge is -2.27. The van der Waals surface area contributed by atoms with Crippen molar-refractivity contribution in [2.24, 2.45) is 11.8 Å². The van der Waals surface area contributed by atoms with Crippen molar-refractivity contribution in [1.82, 2.24) is 40.4 Å². The molecular weight excluding hydrogens is 1260 g/mol. The number of imidazole rings is 2. The molecular formula is C63H59Cl5N12O10. The molecule has 2 aliphatic heterocycles. The fraction of sp³-hybridized carbons (Fsp3) is 0.365. The fourth-order valence-corrected chi connectivity index (χ4v) is 13.6. The van der Waals surface area contributed by atoms with Gasteiger partial charge in [0.25, 0.3) is 23.6 Å². The number of fused-ring (bicyclic) bond motifs is 2. The minimum atomic E-state index is -1.32. The number of carboxylic acid groups (broad SMARTS) is 1. The van der Waals surface area contributed by atoms with Crippen molar-refractivity contribution < 1.29 is 48.2 Å². The van der Waals surface area contributed by atoms with Crippen LogP contribution in [0.1, 0.15) is 121 Å². The maximum Gasteiger partial charge on any atom is 0.308 e. The Labute approximate surface area is 542 Å². The number of rotatable bonds is 16. The van der Waals surface area contributed by atoms with Crippen molar-refractivity contribution in [1.29, 1.82) is 10.5 Å². The second-order valence-electron chi connectivity index (χ2n) is 23.9. The minimum Gasteiger partial charge on any atom is -0.481 e. The average molecular weight is 1320 g/mol. The van der Waals surface area contributed by atoms with Gasteiger partial charge in [-0.3, -0.25) is 47.5 Å². The number of carbonyl (C=O) groups excluding carboxylic acids is 7. The highest BCUT2D eigenvalue weighted by atomic mass is 35.5. The van der Waals surface area contributed by atoms with Crippen LogP contribution in [0.25, 0.3) is 0 Å². The second kappa shape index (κ2) is 25.0. The van der Waals surface area contributed by atoms with Gasteiger partial charge in [0.05, 0.1) is 66.0 Å². The smallest absolute Gasteiger partial charge is 0.308 e. The average Bonchev–Trinajstić information content (AvgIpc) is 1.56. The Hall–Kier alpha value is -8.51. The van der Waals surface area contributed by atoms with Crippen molar-refractivity contribution in [3.8, 4) is 12.1 Å². The molecule has 4 saturated carbocycles. The van der Waals surface area contributed by atoms with Crippen LogP contribution in [-0.2, 0) is 57.4 Å². The molecule has 0 unspecified atom stereocenters. The van der Waals surface area contributed by atoms with E-state index in [9.17, 15) is 54.0 Å². The van der Waals surface area contributed by atoms with E-state index in [-0.39, 0.29) is 96.1 Å². The van der Waals surface area contributed by atoms with Gasteiger partial charge in [-0.25, -0.2) is 19.8 Å². The molecule has 4 heterocycles. The maximum atomic E-state index is 14.3. The standard InChI is InChI=1S/C32H30Cl2N6O5.C31H28Cl2N6O5.ClH/c1-31(15-18-3-5-19(16-35)6-4-18)29(44)39(24-13-21(33)12-22(34)14-24)30-36-17-25(40(30)31)26(41)38-32(9-10-32)28(43)37-23-8-7-20(11-23)27(42)45-2;1-30(14-17-2-4-18(15-34)5-3-17)28(44)38(23-12-20(32)11-21(33)13-23)29-35-16-24(39(29)30)25(40)37-31(8-9-31)27(43)36-22-7-6-19(10-22)26(41)42;/h3-6,12-14,17,20,23H,7-11,15H2,1-2H3,(H,37,43)(H,38,41);2-5,11-13,16,19,22H,6-10,14H2,1H3,(H,36,43)(H,37,40)(H,41,42);1H/t20-,23+,31+;19-,22+,30+;/m00./s1. The number of hydrogen-bond acceptors (Lipinski definition) is 13. The number of carbonyl (C=O) groups is 8. The molecule has 466 valence electrons. The summed E-state index contributed by atoms with van der Waals surface area (Å²) in [6, 6.07) is 26.9. The van der Waals surface area contributed by atoms with E-state index in [0.717, 1.165) is 11.1 Å². The first-order valence-electron chi connectivity index (χ1n) is 28.8. The van der Waals surface area contributed by atoms with Gasteiger partial charge in [0.1, 0.15) is 33.5 Å². The van der Waals surface area contributed by atoms with E-state index in [4.69, 9.17) is 51.1 Å². The van der Waals surface area contributed by atoms with Crippen LogP contribution in [0, 0.1) is 34.5 Å². The molecule has 0 saturated heterocycles. The first kappa shape index (κ1) is 64.5. The summed E-state index contributed by atoms with van der Waals surface area (Å²) in [6.07, 6.45) is 8.01. The molecule has 90 heavy (non-hydrogen) atoms. The number of amides is 6. The first-order valence-corrected chi connectivity index (χ1v) is 30.3. The predicted molar refractivity (Wildman–Crippen MR) is 333 cm³/mol. The lowest BCUT2D eigenvalue weighted by molar-refractivity contribution is -0.145. The van der Waals surface area contributed by atoms with E-state index in [1.807, 2.05) is 0 Å². The fourth-order valence-electron chi connectivity index (χ4n) is 12.6. The summed E-state index contributed by atoms with van der Waals surface area (Å²) in [6.45, 7) is 3.43. The number of halogens is 5. The zero-order valence-corrected chi connectivity index (χ0v) is 52.5. The van der Waals surface area contributed by atoms with E-state index >= 15 is 0 Å². The molecule has 0 radical (unpaired) electrons. The number of nitrogens with zero attached hydrogens (tertiary/aromatic N) is 8. The van der Waals surface area contributed by atoms with Gasteiger partial charge >= 0.3 is 11.9 Å². The Kier molecular flexibility index (Phi) is 17.9. The molecule has 6 aliphatic rings. The third-order valence-corrected chi connectivity index (χ3v) is 18.5. The third-order valence-electron chi connectivity index (χ3n) is 17.6. The van der Waals surface area contributed by atoms with Crippen molar-refractivity contribution in [3.05, 3.63) is 151 Å². The number of anilines is 4. The number of carboxylic acids is 1. The van der Waals surface area contributed by atoms with Crippen LogP contribution in [0.3, 0.4) is 0 Å². The van der Waals surface area contributed by atoms with Crippen LogP contribution >= 0.6 is 58.8 Å². The van der Waals surface area contributed by atoms with Crippen LogP contribution in [0.15, 0.2) is 97.3 Å². The number of benzene rings is 4. The van der Waals surface area contributed by atoms with E-state index in [2.05, 4.69) is 43.4 Å². The van der Waals surface area contributed by atoms with Gasteiger partial charge in [0.15, 0.2) is 0 Å². The molecule has 0 spiro atoms. The van der Waals surface area contributed by atoms with Gasteiger partial charge in [-0.05, 0) is 150 Å². The minimum absolute atomic E-state index is 0. The lowest BCUT2D eigenvalue weighted by atomic mass is 9.91. The summed E-state index contributed by atoms with van der Waals surface area (Å²) in [7, 11) is 1.35. The Morgan fingerprint density at radius 1 is 0.600 bits per heavy atom. The third kappa shape index (κ3) is 12.3. The van der Waals surface area contributed by atoms with Gasteiger partial charge in [0, 0.05) is 45.0 Å². The van der Waals surface area contributed by atoms with Gasteiger partial charge < -0.3 is 31.1 Å². The summed E-state index contributed by atoms with van der Waals surface area (Å²) in [5.74, 6) is -4.04. The summed E-state index contributed by atoms with van der Waals surface area (Å²) < 4.78 is 8.00. The SMILES string of the molecule is COC(=O)[C@H]1CC[C@@H](NC(=O)C2(NC(=O)c3cnc4n3[C@](C)(Cc3ccc(C#N)cc3)C(=O)N4c3cc(Cl)cc(Cl)c3)CC2)C1.C[C@@]1(Cc2ccc(C#N)cc2)C(=O)N(c2cc(Cl)cc(Cl)c2)c2ncc(C(=O)NC3(C(=O)N[C@@H]4CC[C@H](C(=O)O)C4)CC3)n21.Cl. The van der Waals surface area contributed by atoms with Crippen molar-refractivity contribution in [3.63, 3.8) is 0 Å².